The van der Waals surface area contributed by atoms with Gasteiger partial charge in [0.05, 0.1) is 23.8 Å². The van der Waals surface area contributed by atoms with Crippen molar-refractivity contribution in [2.75, 3.05) is 0 Å². The molecule has 6 heteroatoms. The standard InChI is InChI=1S/C16H22N2O4/c1-9(2)13-12-11(6-10(7-17-12)14(19)20)8-18(13)15(21)22-16(3,4)5/h6-7,9,13H,8H2,1-5H3,(H,19,20). The van der Waals surface area contributed by atoms with E-state index >= 15 is 0 Å². The summed E-state index contributed by atoms with van der Waals surface area (Å²) in [6.45, 7) is 9.78. The number of ether oxygens (including phenoxy) is 1. The number of pyridine rings is 1. The summed E-state index contributed by atoms with van der Waals surface area (Å²) in [4.78, 5) is 29.4. The topological polar surface area (TPSA) is 79.7 Å². The van der Waals surface area contributed by atoms with Gasteiger partial charge in [0, 0.05) is 6.20 Å². The first-order chi connectivity index (χ1) is 10.1. The lowest BCUT2D eigenvalue weighted by molar-refractivity contribution is 0.0124. The van der Waals surface area contributed by atoms with Gasteiger partial charge in [-0.1, -0.05) is 13.8 Å². The average Bonchev–Trinajstić information content (AvgIpc) is 2.74. The Morgan fingerprint density at radius 1 is 1.41 bits per heavy atom. The molecule has 2 heterocycles. The van der Waals surface area contributed by atoms with Crippen LogP contribution in [0.2, 0.25) is 0 Å². The Morgan fingerprint density at radius 3 is 2.55 bits per heavy atom. The zero-order valence-electron chi connectivity index (χ0n) is 13.6. The highest BCUT2D eigenvalue weighted by molar-refractivity contribution is 5.87. The number of carboxylic acids is 1. The molecule has 0 fully saturated rings. The summed E-state index contributed by atoms with van der Waals surface area (Å²) in [5.41, 5.74) is 1.08. The number of nitrogens with zero attached hydrogens (tertiary/aromatic N) is 2. The maximum atomic E-state index is 12.4. The van der Waals surface area contributed by atoms with Gasteiger partial charge in [0.1, 0.15) is 5.60 Å². The van der Waals surface area contributed by atoms with E-state index in [0.29, 0.717) is 6.54 Å². The third-order valence-corrected chi connectivity index (χ3v) is 3.46. The zero-order chi connectivity index (χ0) is 16.7. The van der Waals surface area contributed by atoms with Crippen LogP contribution in [0.1, 0.15) is 62.3 Å². The van der Waals surface area contributed by atoms with E-state index in [-0.39, 0.29) is 17.5 Å². The van der Waals surface area contributed by atoms with Gasteiger partial charge in [-0.2, -0.15) is 0 Å². The highest BCUT2D eigenvalue weighted by Crippen LogP contribution is 2.38. The fourth-order valence-electron chi connectivity index (χ4n) is 2.63. The lowest BCUT2D eigenvalue weighted by atomic mass is 10.00. The van der Waals surface area contributed by atoms with Gasteiger partial charge < -0.3 is 9.84 Å². The number of amides is 1. The van der Waals surface area contributed by atoms with E-state index in [1.165, 1.54) is 6.20 Å². The van der Waals surface area contributed by atoms with Crippen molar-refractivity contribution in [1.29, 1.82) is 0 Å². The van der Waals surface area contributed by atoms with Crippen LogP contribution in [-0.4, -0.2) is 32.7 Å². The summed E-state index contributed by atoms with van der Waals surface area (Å²) >= 11 is 0. The molecule has 1 aliphatic heterocycles. The van der Waals surface area contributed by atoms with E-state index in [2.05, 4.69) is 4.98 Å². The molecule has 0 radical (unpaired) electrons. The molecule has 1 N–H and O–H groups in total. The maximum Gasteiger partial charge on any atom is 0.411 e. The minimum atomic E-state index is -1.02. The zero-order valence-corrected chi connectivity index (χ0v) is 13.6. The molecular formula is C16H22N2O4. The number of aromatic nitrogens is 1. The Labute approximate surface area is 130 Å². The predicted molar refractivity (Wildman–Crippen MR) is 80.6 cm³/mol. The predicted octanol–water partition coefficient (Wildman–Crippen LogP) is 3.23. The Hall–Kier alpha value is -2.11. The third kappa shape index (κ3) is 3.21. The van der Waals surface area contributed by atoms with Gasteiger partial charge in [-0.05, 0) is 38.3 Å². The van der Waals surface area contributed by atoms with Crippen molar-refractivity contribution >= 4 is 12.1 Å². The summed E-state index contributed by atoms with van der Waals surface area (Å²) in [7, 11) is 0. The second-order valence-corrected chi connectivity index (χ2v) is 6.87. The van der Waals surface area contributed by atoms with Gasteiger partial charge in [0.15, 0.2) is 0 Å². The van der Waals surface area contributed by atoms with Gasteiger partial charge in [0.25, 0.3) is 0 Å². The highest BCUT2D eigenvalue weighted by Gasteiger charge is 2.39. The SMILES string of the molecule is CC(C)C1c2ncc(C(=O)O)cc2CN1C(=O)OC(C)(C)C. The van der Waals surface area contributed by atoms with E-state index in [9.17, 15) is 9.59 Å². The molecule has 0 saturated heterocycles. The Morgan fingerprint density at radius 2 is 2.05 bits per heavy atom. The number of fused-ring (bicyclic) bond motifs is 1. The minimum Gasteiger partial charge on any atom is -0.478 e. The number of carbonyl (C=O) groups is 2. The molecule has 1 amide bonds. The quantitative estimate of drug-likeness (QED) is 0.907. The van der Waals surface area contributed by atoms with Crippen molar-refractivity contribution in [2.45, 2.75) is 52.8 Å². The first kappa shape index (κ1) is 16.3. The molecule has 1 aliphatic rings. The van der Waals surface area contributed by atoms with Crippen LogP contribution < -0.4 is 0 Å². The molecule has 0 bridgehead atoms. The van der Waals surface area contributed by atoms with Crippen molar-refractivity contribution in [3.8, 4) is 0 Å². The fraction of sp³-hybridized carbons (Fsp3) is 0.562. The van der Waals surface area contributed by atoms with E-state index in [0.717, 1.165) is 11.3 Å². The molecule has 0 aliphatic carbocycles. The Kier molecular flexibility index (Phi) is 4.13. The van der Waals surface area contributed by atoms with Crippen LogP contribution >= 0.6 is 0 Å². The molecule has 6 nitrogen and oxygen atoms in total. The smallest absolute Gasteiger partial charge is 0.411 e. The Balaban J connectivity index is 2.34. The van der Waals surface area contributed by atoms with Crippen LogP contribution in [0.4, 0.5) is 4.79 Å². The van der Waals surface area contributed by atoms with E-state index in [4.69, 9.17) is 9.84 Å². The monoisotopic (exact) mass is 306 g/mol. The van der Waals surface area contributed by atoms with Gasteiger partial charge >= 0.3 is 12.1 Å². The molecule has 22 heavy (non-hydrogen) atoms. The second kappa shape index (κ2) is 5.59. The molecule has 0 saturated carbocycles. The van der Waals surface area contributed by atoms with E-state index in [1.807, 2.05) is 34.6 Å². The van der Waals surface area contributed by atoms with Crippen molar-refractivity contribution < 1.29 is 19.4 Å². The van der Waals surface area contributed by atoms with Crippen LogP contribution in [0.3, 0.4) is 0 Å². The van der Waals surface area contributed by atoms with Crippen molar-refractivity contribution in [3.63, 3.8) is 0 Å². The van der Waals surface area contributed by atoms with Crippen LogP contribution in [0.15, 0.2) is 12.3 Å². The first-order valence-corrected chi connectivity index (χ1v) is 7.32. The first-order valence-electron chi connectivity index (χ1n) is 7.32. The van der Waals surface area contributed by atoms with E-state index < -0.39 is 17.7 Å². The van der Waals surface area contributed by atoms with Crippen molar-refractivity contribution in [2.24, 2.45) is 5.92 Å². The lowest BCUT2D eigenvalue weighted by Gasteiger charge is -2.30. The van der Waals surface area contributed by atoms with Crippen LogP contribution in [0.25, 0.3) is 0 Å². The average molecular weight is 306 g/mol. The van der Waals surface area contributed by atoms with Gasteiger partial charge in [-0.3, -0.25) is 9.88 Å². The summed E-state index contributed by atoms with van der Waals surface area (Å²) in [5, 5.41) is 9.07. The van der Waals surface area contributed by atoms with Crippen LogP contribution in [-0.2, 0) is 11.3 Å². The molecule has 0 spiro atoms. The van der Waals surface area contributed by atoms with Gasteiger partial charge in [-0.25, -0.2) is 9.59 Å². The summed E-state index contributed by atoms with van der Waals surface area (Å²) in [6.07, 6.45) is 0.941. The lowest BCUT2D eigenvalue weighted by Crippen LogP contribution is -2.37. The molecule has 0 aromatic carbocycles. The van der Waals surface area contributed by atoms with Gasteiger partial charge in [0.2, 0.25) is 0 Å². The molecular weight excluding hydrogens is 284 g/mol. The highest BCUT2D eigenvalue weighted by atomic mass is 16.6. The number of carboxylic acid groups (broad SMARTS) is 1. The molecule has 2 rings (SSSR count). The molecule has 120 valence electrons. The van der Waals surface area contributed by atoms with Crippen LogP contribution in [0, 0.1) is 5.92 Å². The van der Waals surface area contributed by atoms with Gasteiger partial charge in [-0.15, -0.1) is 0 Å². The van der Waals surface area contributed by atoms with Crippen molar-refractivity contribution in [3.05, 3.63) is 29.1 Å². The number of hydrogen-bond acceptors (Lipinski definition) is 4. The molecule has 1 unspecified atom stereocenters. The summed E-state index contributed by atoms with van der Waals surface area (Å²) in [5.74, 6) is -0.871. The molecule has 1 atom stereocenters. The summed E-state index contributed by atoms with van der Waals surface area (Å²) in [6, 6.07) is 1.39. The molecule has 1 aromatic heterocycles. The summed E-state index contributed by atoms with van der Waals surface area (Å²) < 4.78 is 5.45. The second-order valence-electron chi connectivity index (χ2n) is 6.87. The Bertz CT molecular complexity index is 605. The maximum absolute atomic E-state index is 12.4. The molecule has 1 aromatic rings. The number of carbonyl (C=O) groups excluding carboxylic acids is 1. The normalized spacial score (nSPS) is 17.5. The van der Waals surface area contributed by atoms with Crippen molar-refractivity contribution in [1.82, 2.24) is 9.88 Å². The fourth-order valence-corrected chi connectivity index (χ4v) is 2.63. The number of rotatable bonds is 2. The number of hydrogen-bond donors (Lipinski definition) is 1. The number of aromatic carboxylic acids is 1. The largest absolute Gasteiger partial charge is 0.478 e. The minimum absolute atomic E-state index is 0.132. The van der Waals surface area contributed by atoms with E-state index in [1.54, 1.807) is 11.0 Å². The third-order valence-electron chi connectivity index (χ3n) is 3.46. The van der Waals surface area contributed by atoms with Crippen LogP contribution in [0.5, 0.6) is 0 Å².